The van der Waals surface area contributed by atoms with Gasteiger partial charge in [-0.25, -0.2) is 0 Å². The molecule has 2 heterocycles. The van der Waals surface area contributed by atoms with E-state index in [4.69, 9.17) is 4.42 Å². The number of carbonyl (C=O) groups excluding carboxylic acids is 1. The first kappa shape index (κ1) is 18.1. The minimum Gasteiger partial charge on any atom is -0.411 e. The van der Waals surface area contributed by atoms with E-state index < -0.39 is 0 Å². The van der Waals surface area contributed by atoms with Gasteiger partial charge < -0.3 is 9.73 Å². The van der Waals surface area contributed by atoms with Crippen LogP contribution in [0.4, 0.5) is 5.69 Å². The molecular formula is C19H20N4O2S. The third-order valence-corrected chi connectivity index (χ3v) is 4.84. The molecule has 26 heavy (non-hydrogen) atoms. The lowest BCUT2D eigenvalue weighted by molar-refractivity contribution is -0.113. The molecule has 0 aliphatic carbocycles. The van der Waals surface area contributed by atoms with Gasteiger partial charge in [0.25, 0.3) is 5.22 Å². The standard InChI is InChI=1S/C19H20N4O2S/c1-3-13(2)15-8-4-5-9-16(15)21-17(24)12-26-19-23-22-18(25-19)14-7-6-10-20-11-14/h4-11,13H,3,12H2,1-2H3,(H,21,24)/t13-/m1/s1. The van der Waals surface area contributed by atoms with E-state index in [-0.39, 0.29) is 11.7 Å². The second-order valence-electron chi connectivity index (χ2n) is 5.85. The number of aromatic nitrogens is 3. The zero-order valence-corrected chi connectivity index (χ0v) is 15.5. The predicted octanol–water partition coefficient (Wildman–Crippen LogP) is 4.38. The second-order valence-corrected chi connectivity index (χ2v) is 6.77. The number of nitrogens with zero attached hydrogens (tertiary/aromatic N) is 3. The summed E-state index contributed by atoms with van der Waals surface area (Å²) in [6.07, 6.45) is 4.35. The maximum atomic E-state index is 12.3. The zero-order chi connectivity index (χ0) is 18.4. The molecule has 0 spiro atoms. The van der Waals surface area contributed by atoms with Gasteiger partial charge in [0, 0.05) is 18.1 Å². The molecular weight excluding hydrogens is 348 g/mol. The molecule has 3 rings (SSSR count). The molecule has 2 aromatic heterocycles. The number of benzene rings is 1. The van der Waals surface area contributed by atoms with E-state index in [1.54, 1.807) is 18.5 Å². The molecule has 1 aromatic carbocycles. The van der Waals surface area contributed by atoms with E-state index in [1.807, 2.05) is 24.3 Å². The average molecular weight is 368 g/mol. The molecule has 134 valence electrons. The van der Waals surface area contributed by atoms with Gasteiger partial charge >= 0.3 is 0 Å². The number of thioether (sulfide) groups is 1. The molecule has 1 N–H and O–H groups in total. The molecule has 1 amide bonds. The van der Waals surface area contributed by atoms with Crippen LogP contribution in [0.3, 0.4) is 0 Å². The van der Waals surface area contributed by atoms with Gasteiger partial charge in [0.1, 0.15) is 0 Å². The van der Waals surface area contributed by atoms with Gasteiger partial charge in [-0.1, -0.05) is 43.8 Å². The third kappa shape index (κ3) is 4.49. The van der Waals surface area contributed by atoms with Crippen molar-refractivity contribution in [2.24, 2.45) is 0 Å². The van der Waals surface area contributed by atoms with E-state index in [1.165, 1.54) is 11.8 Å². The quantitative estimate of drug-likeness (QED) is 0.624. The second kappa shape index (κ2) is 8.62. The SMILES string of the molecule is CC[C@@H](C)c1ccccc1NC(=O)CSc1nnc(-c2cccnc2)o1. The van der Waals surface area contributed by atoms with Crippen LogP contribution in [-0.4, -0.2) is 26.8 Å². The van der Waals surface area contributed by atoms with Gasteiger partial charge in [-0.05, 0) is 36.1 Å². The lowest BCUT2D eigenvalue weighted by Gasteiger charge is -2.15. The number of hydrogen-bond donors (Lipinski definition) is 1. The highest BCUT2D eigenvalue weighted by atomic mass is 32.2. The maximum Gasteiger partial charge on any atom is 0.277 e. The Bertz CT molecular complexity index is 867. The van der Waals surface area contributed by atoms with Gasteiger partial charge in [-0.2, -0.15) is 0 Å². The first-order valence-electron chi connectivity index (χ1n) is 8.43. The predicted molar refractivity (Wildman–Crippen MR) is 102 cm³/mol. The minimum atomic E-state index is -0.105. The molecule has 1 atom stereocenters. The minimum absolute atomic E-state index is 0.105. The van der Waals surface area contributed by atoms with Crippen molar-refractivity contribution in [3.63, 3.8) is 0 Å². The fourth-order valence-electron chi connectivity index (χ4n) is 2.45. The largest absolute Gasteiger partial charge is 0.411 e. The van der Waals surface area contributed by atoms with Crippen LogP contribution >= 0.6 is 11.8 Å². The highest BCUT2D eigenvalue weighted by molar-refractivity contribution is 7.99. The van der Waals surface area contributed by atoms with E-state index in [0.717, 1.165) is 23.2 Å². The molecule has 0 aliphatic heterocycles. The van der Waals surface area contributed by atoms with Gasteiger partial charge in [-0.15, -0.1) is 10.2 Å². The number of rotatable bonds is 7. The van der Waals surface area contributed by atoms with Crippen molar-refractivity contribution in [2.75, 3.05) is 11.1 Å². The summed E-state index contributed by atoms with van der Waals surface area (Å²) in [7, 11) is 0. The highest BCUT2D eigenvalue weighted by Crippen LogP contribution is 2.27. The van der Waals surface area contributed by atoms with Crippen LogP contribution in [0.15, 0.2) is 58.4 Å². The van der Waals surface area contributed by atoms with Gasteiger partial charge in [0.05, 0.1) is 11.3 Å². The molecule has 0 fully saturated rings. The number of nitrogens with one attached hydrogen (secondary N) is 1. The summed E-state index contributed by atoms with van der Waals surface area (Å²) in [5, 5.41) is 11.3. The normalized spacial score (nSPS) is 11.9. The first-order valence-corrected chi connectivity index (χ1v) is 9.41. The topological polar surface area (TPSA) is 80.9 Å². The van der Waals surface area contributed by atoms with Crippen molar-refractivity contribution >= 4 is 23.4 Å². The summed E-state index contributed by atoms with van der Waals surface area (Å²) in [4.78, 5) is 16.3. The third-order valence-electron chi connectivity index (χ3n) is 4.02. The molecule has 0 aliphatic rings. The molecule has 7 heteroatoms. The van der Waals surface area contributed by atoms with E-state index in [2.05, 4.69) is 40.4 Å². The Morgan fingerprint density at radius 1 is 1.23 bits per heavy atom. The zero-order valence-electron chi connectivity index (χ0n) is 14.7. The molecule has 0 bridgehead atoms. The number of pyridine rings is 1. The van der Waals surface area contributed by atoms with Crippen LogP contribution in [-0.2, 0) is 4.79 Å². The lowest BCUT2D eigenvalue weighted by Crippen LogP contribution is -2.15. The Morgan fingerprint density at radius 2 is 2.08 bits per heavy atom. The van der Waals surface area contributed by atoms with Gasteiger partial charge in [-0.3, -0.25) is 9.78 Å². The Labute approximate surface area is 156 Å². The van der Waals surface area contributed by atoms with Crippen molar-refractivity contribution in [1.82, 2.24) is 15.2 Å². The first-order chi connectivity index (χ1) is 12.7. The Morgan fingerprint density at radius 3 is 2.85 bits per heavy atom. The maximum absolute atomic E-state index is 12.3. The fraction of sp³-hybridized carbons (Fsp3) is 0.263. The fourth-order valence-corrected chi connectivity index (χ4v) is 3.01. The summed E-state index contributed by atoms with van der Waals surface area (Å²) in [6.45, 7) is 4.28. The average Bonchev–Trinajstić information content (AvgIpc) is 3.16. The highest BCUT2D eigenvalue weighted by Gasteiger charge is 2.14. The van der Waals surface area contributed by atoms with Crippen molar-refractivity contribution in [3.8, 4) is 11.5 Å². The van der Waals surface area contributed by atoms with Crippen LogP contribution < -0.4 is 5.32 Å². The summed E-state index contributed by atoms with van der Waals surface area (Å²) in [5.74, 6) is 0.871. The molecule has 0 radical (unpaired) electrons. The van der Waals surface area contributed by atoms with Crippen molar-refractivity contribution < 1.29 is 9.21 Å². The molecule has 0 unspecified atom stereocenters. The molecule has 3 aromatic rings. The lowest BCUT2D eigenvalue weighted by atomic mass is 9.97. The van der Waals surface area contributed by atoms with Crippen molar-refractivity contribution in [3.05, 3.63) is 54.4 Å². The van der Waals surface area contributed by atoms with Gasteiger partial charge in [0.15, 0.2) is 0 Å². The van der Waals surface area contributed by atoms with Gasteiger partial charge in [0.2, 0.25) is 11.8 Å². The number of hydrogen-bond acceptors (Lipinski definition) is 6. The van der Waals surface area contributed by atoms with Crippen molar-refractivity contribution in [2.45, 2.75) is 31.4 Å². The Kier molecular flexibility index (Phi) is 6.01. The monoisotopic (exact) mass is 368 g/mol. The molecule has 0 saturated carbocycles. The van der Waals surface area contributed by atoms with E-state index in [0.29, 0.717) is 17.0 Å². The Balaban J connectivity index is 1.59. The summed E-state index contributed by atoms with van der Waals surface area (Å²) >= 11 is 1.21. The van der Waals surface area contributed by atoms with Crippen LogP contribution in [0, 0.1) is 0 Å². The molecule has 6 nitrogen and oxygen atoms in total. The Hall–Kier alpha value is -2.67. The summed E-state index contributed by atoms with van der Waals surface area (Å²) in [5.41, 5.74) is 2.75. The molecule has 0 saturated heterocycles. The van der Waals surface area contributed by atoms with E-state index >= 15 is 0 Å². The number of para-hydroxylation sites is 1. The van der Waals surface area contributed by atoms with Crippen LogP contribution in [0.2, 0.25) is 0 Å². The number of anilines is 1. The van der Waals surface area contributed by atoms with E-state index in [9.17, 15) is 4.79 Å². The van der Waals surface area contributed by atoms with Crippen molar-refractivity contribution in [1.29, 1.82) is 0 Å². The smallest absolute Gasteiger partial charge is 0.277 e. The summed E-state index contributed by atoms with van der Waals surface area (Å²) < 4.78 is 5.57. The van der Waals surface area contributed by atoms with Crippen LogP contribution in [0.5, 0.6) is 0 Å². The summed E-state index contributed by atoms with van der Waals surface area (Å²) in [6, 6.07) is 11.5. The van der Waals surface area contributed by atoms with Crippen LogP contribution in [0.1, 0.15) is 31.7 Å². The van der Waals surface area contributed by atoms with Crippen LogP contribution in [0.25, 0.3) is 11.5 Å². The number of amides is 1. The number of carbonyl (C=O) groups is 1.